The molecular formula is C15H20N2O4. The number of aliphatic carboxylic acids is 2. The molecule has 0 spiro atoms. The molecule has 0 amide bonds. The van der Waals surface area contributed by atoms with E-state index in [9.17, 15) is 0 Å². The second kappa shape index (κ2) is 7.44. The summed E-state index contributed by atoms with van der Waals surface area (Å²) in [7, 11) is 4.21. The molecule has 0 aliphatic rings. The van der Waals surface area contributed by atoms with Crippen molar-refractivity contribution < 1.29 is 19.8 Å². The maximum absolute atomic E-state index is 9.10. The summed E-state index contributed by atoms with van der Waals surface area (Å²) in [5, 5.41) is 16.1. The van der Waals surface area contributed by atoms with Crippen molar-refractivity contribution in [2.75, 3.05) is 20.6 Å². The Labute approximate surface area is 123 Å². The van der Waals surface area contributed by atoms with Crippen LogP contribution < -0.4 is 0 Å². The third-order valence-electron chi connectivity index (χ3n) is 2.90. The van der Waals surface area contributed by atoms with Crippen LogP contribution >= 0.6 is 0 Å². The molecular weight excluding hydrogens is 272 g/mol. The monoisotopic (exact) mass is 292 g/mol. The summed E-state index contributed by atoms with van der Waals surface area (Å²) in [6.45, 7) is 4.27. The van der Waals surface area contributed by atoms with Gasteiger partial charge in [0.15, 0.2) is 0 Å². The van der Waals surface area contributed by atoms with Gasteiger partial charge in [0.2, 0.25) is 0 Å². The van der Waals surface area contributed by atoms with Gasteiger partial charge in [0.1, 0.15) is 0 Å². The number of nitrogens with zero attached hydrogens (tertiary/aromatic N) is 2. The van der Waals surface area contributed by atoms with Crippen LogP contribution in [0.2, 0.25) is 0 Å². The minimum Gasteiger partial charge on any atom is -0.473 e. The first-order valence-corrected chi connectivity index (χ1v) is 6.47. The van der Waals surface area contributed by atoms with Crippen LogP contribution in [0.25, 0.3) is 10.9 Å². The van der Waals surface area contributed by atoms with Crippen LogP contribution in [0.1, 0.15) is 5.56 Å². The van der Waals surface area contributed by atoms with E-state index in [2.05, 4.69) is 60.9 Å². The SMILES string of the molecule is Cc1ccc2c(ccn2CCN(C)C)c1.O=C(O)C(=O)O. The maximum atomic E-state index is 9.10. The maximum Gasteiger partial charge on any atom is 0.414 e. The van der Waals surface area contributed by atoms with E-state index < -0.39 is 11.9 Å². The van der Waals surface area contributed by atoms with Crippen molar-refractivity contribution >= 4 is 22.8 Å². The lowest BCUT2D eigenvalue weighted by Gasteiger charge is -2.11. The minimum atomic E-state index is -1.82. The highest BCUT2D eigenvalue weighted by atomic mass is 16.4. The summed E-state index contributed by atoms with van der Waals surface area (Å²) in [5.74, 6) is -3.65. The van der Waals surface area contributed by atoms with E-state index in [-0.39, 0.29) is 0 Å². The number of fused-ring (bicyclic) bond motifs is 1. The lowest BCUT2D eigenvalue weighted by atomic mass is 10.2. The van der Waals surface area contributed by atoms with Crippen LogP contribution in [0.4, 0.5) is 0 Å². The van der Waals surface area contributed by atoms with Crippen molar-refractivity contribution in [1.82, 2.24) is 9.47 Å². The van der Waals surface area contributed by atoms with Gasteiger partial charge in [-0.2, -0.15) is 0 Å². The molecule has 0 unspecified atom stereocenters. The largest absolute Gasteiger partial charge is 0.473 e. The number of carboxylic acid groups (broad SMARTS) is 2. The Bertz CT molecular complexity index is 620. The molecule has 0 bridgehead atoms. The quantitative estimate of drug-likeness (QED) is 0.841. The normalized spacial score (nSPS) is 10.3. The second-order valence-electron chi connectivity index (χ2n) is 4.98. The molecule has 1 aromatic heterocycles. The molecule has 1 heterocycles. The minimum absolute atomic E-state index is 1.06. The van der Waals surface area contributed by atoms with Crippen molar-refractivity contribution in [2.24, 2.45) is 0 Å². The fourth-order valence-electron chi connectivity index (χ4n) is 1.82. The Balaban J connectivity index is 0.000000315. The molecule has 1 aromatic carbocycles. The summed E-state index contributed by atoms with van der Waals surface area (Å²) in [5.41, 5.74) is 2.66. The molecule has 0 aliphatic heterocycles. The van der Waals surface area contributed by atoms with Gasteiger partial charge in [-0.25, -0.2) is 9.59 Å². The van der Waals surface area contributed by atoms with Gasteiger partial charge in [-0.15, -0.1) is 0 Å². The summed E-state index contributed by atoms with van der Waals surface area (Å²) in [6.07, 6.45) is 2.17. The highest BCUT2D eigenvalue weighted by Gasteiger charge is 2.04. The summed E-state index contributed by atoms with van der Waals surface area (Å²) >= 11 is 0. The first-order valence-electron chi connectivity index (χ1n) is 6.47. The van der Waals surface area contributed by atoms with E-state index in [1.165, 1.54) is 16.5 Å². The average molecular weight is 292 g/mol. The molecule has 6 nitrogen and oxygen atoms in total. The number of carbonyl (C=O) groups is 2. The lowest BCUT2D eigenvalue weighted by Crippen LogP contribution is -2.17. The van der Waals surface area contributed by atoms with E-state index >= 15 is 0 Å². The molecule has 21 heavy (non-hydrogen) atoms. The predicted octanol–water partition coefficient (Wildman–Crippen LogP) is 1.67. The van der Waals surface area contributed by atoms with Crippen LogP contribution in [0, 0.1) is 6.92 Å². The van der Waals surface area contributed by atoms with E-state index in [0.29, 0.717) is 0 Å². The Morgan fingerprint density at radius 1 is 1.14 bits per heavy atom. The standard InChI is InChI=1S/C13H18N2.C2H2O4/c1-11-4-5-13-12(10-11)6-7-15(13)9-8-14(2)3;3-1(4)2(5)6/h4-7,10H,8-9H2,1-3H3;(H,3,4)(H,5,6). The molecule has 2 rings (SSSR count). The van der Waals surface area contributed by atoms with Crippen molar-refractivity contribution in [3.8, 4) is 0 Å². The molecule has 0 radical (unpaired) electrons. The topological polar surface area (TPSA) is 82.8 Å². The number of aromatic nitrogens is 1. The van der Waals surface area contributed by atoms with Crippen LogP contribution in [-0.4, -0.2) is 52.3 Å². The Morgan fingerprint density at radius 3 is 2.29 bits per heavy atom. The van der Waals surface area contributed by atoms with E-state index in [1.807, 2.05) is 0 Å². The first-order chi connectivity index (χ1) is 9.81. The molecule has 114 valence electrons. The Kier molecular flexibility index (Phi) is 5.92. The number of hydrogen-bond acceptors (Lipinski definition) is 3. The number of hydrogen-bond donors (Lipinski definition) is 2. The molecule has 0 aliphatic carbocycles. The third kappa shape index (κ3) is 5.27. The summed E-state index contributed by atoms with van der Waals surface area (Å²) in [4.78, 5) is 20.4. The molecule has 0 fully saturated rings. The van der Waals surface area contributed by atoms with Crippen molar-refractivity contribution in [3.05, 3.63) is 36.0 Å². The van der Waals surface area contributed by atoms with Crippen LogP contribution in [0.15, 0.2) is 30.5 Å². The second-order valence-corrected chi connectivity index (χ2v) is 4.98. The zero-order chi connectivity index (χ0) is 16.0. The average Bonchev–Trinajstić information content (AvgIpc) is 2.79. The van der Waals surface area contributed by atoms with Gasteiger partial charge >= 0.3 is 11.9 Å². The van der Waals surface area contributed by atoms with Crippen LogP contribution in [0.3, 0.4) is 0 Å². The van der Waals surface area contributed by atoms with E-state index in [4.69, 9.17) is 19.8 Å². The summed E-state index contributed by atoms with van der Waals surface area (Å²) in [6, 6.07) is 8.81. The first kappa shape index (κ1) is 16.7. The fraction of sp³-hybridized carbons (Fsp3) is 0.333. The molecule has 2 N–H and O–H groups in total. The van der Waals surface area contributed by atoms with Gasteiger partial charge in [0.05, 0.1) is 0 Å². The molecule has 6 heteroatoms. The van der Waals surface area contributed by atoms with Crippen LogP contribution in [-0.2, 0) is 16.1 Å². The van der Waals surface area contributed by atoms with Gasteiger partial charge in [-0.1, -0.05) is 11.6 Å². The number of rotatable bonds is 3. The van der Waals surface area contributed by atoms with Gasteiger partial charge in [-0.05, 0) is 44.6 Å². The highest BCUT2D eigenvalue weighted by Crippen LogP contribution is 2.17. The number of benzene rings is 1. The predicted molar refractivity (Wildman–Crippen MR) is 80.5 cm³/mol. The van der Waals surface area contributed by atoms with Gasteiger partial charge in [0, 0.05) is 24.8 Å². The third-order valence-corrected chi connectivity index (χ3v) is 2.90. The van der Waals surface area contributed by atoms with Crippen molar-refractivity contribution in [3.63, 3.8) is 0 Å². The van der Waals surface area contributed by atoms with Crippen molar-refractivity contribution in [2.45, 2.75) is 13.5 Å². The van der Waals surface area contributed by atoms with Gasteiger partial charge in [0.25, 0.3) is 0 Å². The Hall–Kier alpha value is -2.34. The Morgan fingerprint density at radius 2 is 1.76 bits per heavy atom. The summed E-state index contributed by atoms with van der Waals surface area (Å²) < 4.78 is 2.31. The van der Waals surface area contributed by atoms with Gasteiger partial charge in [-0.3, -0.25) is 0 Å². The number of carboxylic acids is 2. The number of likely N-dealkylation sites (N-methyl/N-ethyl adjacent to an activating group) is 1. The van der Waals surface area contributed by atoms with E-state index in [0.717, 1.165) is 13.1 Å². The zero-order valence-electron chi connectivity index (χ0n) is 12.4. The molecule has 2 aromatic rings. The molecule has 0 saturated heterocycles. The fourth-order valence-corrected chi connectivity index (χ4v) is 1.82. The van der Waals surface area contributed by atoms with Crippen molar-refractivity contribution in [1.29, 1.82) is 0 Å². The molecule has 0 saturated carbocycles. The van der Waals surface area contributed by atoms with Crippen LogP contribution in [0.5, 0.6) is 0 Å². The zero-order valence-corrected chi connectivity index (χ0v) is 12.4. The highest BCUT2D eigenvalue weighted by molar-refractivity contribution is 6.27. The van der Waals surface area contributed by atoms with E-state index in [1.54, 1.807) is 0 Å². The van der Waals surface area contributed by atoms with Gasteiger partial charge < -0.3 is 19.7 Å². The smallest absolute Gasteiger partial charge is 0.414 e. The lowest BCUT2D eigenvalue weighted by molar-refractivity contribution is -0.159. The molecule has 0 atom stereocenters. The number of aryl methyl sites for hydroxylation is 1.